The van der Waals surface area contributed by atoms with E-state index in [4.69, 9.17) is 0 Å². The van der Waals surface area contributed by atoms with E-state index in [2.05, 4.69) is 28.5 Å². The van der Waals surface area contributed by atoms with Crippen molar-refractivity contribution < 1.29 is 0 Å². The monoisotopic (exact) mass is 279 g/mol. The minimum absolute atomic E-state index is 0.793. The molecule has 0 saturated carbocycles. The SMILES string of the molecule is CC1CCN2CCN(CC2)CC2CCN(CC2)C(C)C1. The lowest BCUT2D eigenvalue weighted by atomic mass is 9.92. The van der Waals surface area contributed by atoms with Gasteiger partial charge in [-0.3, -0.25) is 0 Å². The van der Waals surface area contributed by atoms with Gasteiger partial charge in [-0.1, -0.05) is 6.92 Å². The van der Waals surface area contributed by atoms with Crippen molar-refractivity contribution in [2.75, 3.05) is 52.4 Å². The van der Waals surface area contributed by atoms with Crippen LogP contribution in [0.15, 0.2) is 0 Å². The summed E-state index contributed by atoms with van der Waals surface area (Å²) in [4.78, 5) is 8.18. The molecule has 3 nitrogen and oxygen atoms in total. The highest BCUT2D eigenvalue weighted by Gasteiger charge is 2.27. The molecule has 2 unspecified atom stereocenters. The lowest BCUT2D eigenvalue weighted by Gasteiger charge is -2.42. The molecule has 6 rings (SSSR count). The maximum Gasteiger partial charge on any atom is 0.0110 e. The Bertz CT molecular complexity index is 291. The van der Waals surface area contributed by atoms with Gasteiger partial charge in [0.25, 0.3) is 0 Å². The fraction of sp³-hybridized carbons (Fsp3) is 1.00. The number of piperidine rings is 1. The molecule has 6 heterocycles. The third-order valence-corrected chi connectivity index (χ3v) is 5.94. The molecule has 0 aromatic carbocycles. The molecule has 0 spiro atoms. The van der Waals surface area contributed by atoms with Crippen LogP contribution in [-0.4, -0.2) is 73.1 Å². The Morgan fingerprint density at radius 1 is 0.700 bits per heavy atom. The molecule has 3 heteroatoms. The van der Waals surface area contributed by atoms with E-state index in [0.29, 0.717) is 0 Å². The van der Waals surface area contributed by atoms with E-state index in [0.717, 1.165) is 17.9 Å². The smallest absolute Gasteiger partial charge is 0.0110 e. The maximum atomic E-state index is 2.76. The van der Waals surface area contributed by atoms with Gasteiger partial charge >= 0.3 is 0 Å². The zero-order valence-electron chi connectivity index (χ0n) is 13.6. The highest BCUT2D eigenvalue weighted by atomic mass is 15.3. The maximum absolute atomic E-state index is 2.76. The summed E-state index contributed by atoms with van der Waals surface area (Å²) in [5, 5.41) is 0. The van der Waals surface area contributed by atoms with Gasteiger partial charge in [-0.25, -0.2) is 0 Å². The van der Waals surface area contributed by atoms with Crippen LogP contribution in [0.4, 0.5) is 0 Å². The molecule has 0 aliphatic carbocycles. The van der Waals surface area contributed by atoms with Gasteiger partial charge in [-0.2, -0.15) is 0 Å². The van der Waals surface area contributed by atoms with Crippen LogP contribution in [0.5, 0.6) is 0 Å². The summed E-state index contributed by atoms with van der Waals surface area (Å²) in [5.74, 6) is 1.84. The Morgan fingerprint density at radius 2 is 1.35 bits per heavy atom. The molecule has 6 aliphatic heterocycles. The minimum atomic E-state index is 0.793. The van der Waals surface area contributed by atoms with Crippen LogP contribution in [0.25, 0.3) is 0 Å². The van der Waals surface area contributed by atoms with Crippen molar-refractivity contribution in [3.8, 4) is 0 Å². The molecule has 20 heavy (non-hydrogen) atoms. The van der Waals surface area contributed by atoms with E-state index in [1.54, 1.807) is 0 Å². The Kier molecular flexibility index (Phi) is 5.00. The van der Waals surface area contributed by atoms with Gasteiger partial charge in [0, 0.05) is 38.8 Å². The van der Waals surface area contributed by atoms with Gasteiger partial charge in [-0.15, -0.1) is 0 Å². The highest BCUT2D eigenvalue weighted by Crippen LogP contribution is 2.24. The summed E-state index contributed by atoms with van der Waals surface area (Å²) in [5.41, 5.74) is 0. The Balaban J connectivity index is 1.64. The van der Waals surface area contributed by atoms with Crippen LogP contribution in [0, 0.1) is 11.8 Å². The quantitative estimate of drug-likeness (QED) is 0.672. The van der Waals surface area contributed by atoms with E-state index in [9.17, 15) is 0 Å². The molecule has 4 bridgehead atoms. The first kappa shape index (κ1) is 14.8. The molecule has 0 amide bonds. The van der Waals surface area contributed by atoms with Crippen LogP contribution in [-0.2, 0) is 0 Å². The fourth-order valence-corrected chi connectivity index (χ4v) is 4.39. The number of hydrogen-bond donors (Lipinski definition) is 0. The first-order chi connectivity index (χ1) is 9.70. The van der Waals surface area contributed by atoms with E-state index in [-0.39, 0.29) is 0 Å². The van der Waals surface area contributed by atoms with Crippen LogP contribution in [0.1, 0.15) is 39.5 Å². The van der Waals surface area contributed by atoms with Gasteiger partial charge < -0.3 is 14.7 Å². The second-order valence-corrected chi connectivity index (χ2v) is 7.60. The summed E-state index contributed by atoms with van der Waals surface area (Å²) in [7, 11) is 0. The van der Waals surface area contributed by atoms with Crippen LogP contribution >= 0.6 is 0 Å². The molecule has 2 atom stereocenters. The van der Waals surface area contributed by atoms with Crippen molar-refractivity contribution in [2.45, 2.75) is 45.6 Å². The first-order valence-corrected chi connectivity index (χ1v) is 8.89. The van der Waals surface area contributed by atoms with Crippen molar-refractivity contribution in [3.63, 3.8) is 0 Å². The largest absolute Gasteiger partial charge is 0.301 e. The predicted octanol–water partition coefficient (Wildman–Crippen LogP) is 2.13. The van der Waals surface area contributed by atoms with E-state index < -0.39 is 0 Å². The van der Waals surface area contributed by atoms with E-state index in [1.807, 2.05) is 0 Å². The lowest BCUT2D eigenvalue weighted by Crippen LogP contribution is -2.50. The van der Waals surface area contributed by atoms with E-state index >= 15 is 0 Å². The molecule has 6 fully saturated rings. The third-order valence-electron chi connectivity index (χ3n) is 5.94. The molecule has 0 aromatic rings. The molecular formula is C17H33N3. The topological polar surface area (TPSA) is 9.72 Å². The van der Waals surface area contributed by atoms with Crippen molar-refractivity contribution in [3.05, 3.63) is 0 Å². The highest BCUT2D eigenvalue weighted by molar-refractivity contribution is 4.82. The molecule has 0 N–H and O–H groups in total. The summed E-state index contributed by atoms with van der Waals surface area (Å²) in [6.07, 6.45) is 5.64. The molecule has 0 radical (unpaired) electrons. The van der Waals surface area contributed by atoms with Crippen LogP contribution < -0.4 is 0 Å². The predicted molar refractivity (Wildman–Crippen MR) is 85.0 cm³/mol. The second-order valence-electron chi connectivity index (χ2n) is 7.60. The molecule has 116 valence electrons. The normalized spacial score (nSPS) is 47.1. The van der Waals surface area contributed by atoms with Gasteiger partial charge in [0.15, 0.2) is 0 Å². The van der Waals surface area contributed by atoms with Crippen molar-refractivity contribution in [2.24, 2.45) is 11.8 Å². The van der Waals surface area contributed by atoms with Gasteiger partial charge in [0.1, 0.15) is 0 Å². The van der Waals surface area contributed by atoms with E-state index in [1.165, 1.54) is 78.0 Å². The third kappa shape index (κ3) is 3.75. The zero-order valence-corrected chi connectivity index (χ0v) is 13.6. The van der Waals surface area contributed by atoms with Gasteiger partial charge in [-0.05, 0) is 64.1 Å². The standard InChI is InChI=1S/C17H33N3/c1-15-3-6-18-9-11-19(12-10-18)14-17-4-7-20(8-5-17)16(2)13-15/h15-17H,3-14H2,1-2H3. The fourth-order valence-electron chi connectivity index (χ4n) is 4.39. The number of hydrogen-bond acceptors (Lipinski definition) is 3. The van der Waals surface area contributed by atoms with Crippen molar-refractivity contribution >= 4 is 0 Å². The van der Waals surface area contributed by atoms with Crippen molar-refractivity contribution in [1.29, 1.82) is 0 Å². The first-order valence-electron chi connectivity index (χ1n) is 8.89. The Labute approximate surface area is 125 Å². The summed E-state index contributed by atoms with van der Waals surface area (Å²) in [6, 6.07) is 0.793. The molecule has 0 aromatic heterocycles. The summed E-state index contributed by atoms with van der Waals surface area (Å²) < 4.78 is 0. The zero-order chi connectivity index (χ0) is 13.9. The lowest BCUT2D eigenvalue weighted by molar-refractivity contribution is 0.0692. The molecule has 6 aliphatic rings. The average Bonchev–Trinajstić information content (AvgIpc) is 2.47. The summed E-state index contributed by atoms with van der Waals surface area (Å²) >= 11 is 0. The summed E-state index contributed by atoms with van der Waals surface area (Å²) in [6.45, 7) is 15.5. The average molecular weight is 279 g/mol. The van der Waals surface area contributed by atoms with Gasteiger partial charge in [0.05, 0.1) is 0 Å². The second kappa shape index (κ2) is 6.76. The number of nitrogens with zero attached hydrogens (tertiary/aromatic N) is 3. The van der Waals surface area contributed by atoms with Crippen molar-refractivity contribution in [1.82, 2.24) is 14.7 Å². The Hall–Kier alpha value is -0.120. The van der Waals surface area contributed by atoms with Crippen LogP contribution in [0.3, 0.4) is 0 Å². The van der Waals surface area contributed by atoms with Crippen LogP contribution in [0.2, 0.25) is 0 Å². The minimum Gasteiger partial charge on any atom is -0.301 e. The van der Waals surface area contributed by atoms with Gasteiger partial charge in [0.2, 0.25) is 0 Å². The molecule has 6 saturated heterocycles. The molecular weight excluding hydrogens is 246 g/mol. The number of piperazine rings is 1. The Morgan fingerprint density at radius 3 is 2.05 bits per heavy atom. The number of rotatable bonds is 0.